The van der Waals surface area contributed by atoms with Gasteiger partial charge in [-0.2, -0.15) is 0 Å². The monoisotopic (exact) mass is 371 g/mol. The molecule has 0 saturated heterocycles. The molecule has 1 aromatic heterocycles. The second-order valence-electron chi connectivity index (χ2n) is 7.70. The lowest BCUT2D eigenvalue weighted by atomic mass is 10.00. The number of carbonyl (C=O) groups excluding carboxylic acids is 1. The number of anilines is 1. The molecule has 1 aromatic carbocycles. The number of amides is 1. The standard InChI is InChI=1S/C20H26FN5O/c21-15-9-8-14(20-25-24-18-7-2-1-3-10-26(18)20)11-17(15)23-19(27)12-13-5-4-6-16(13)22/h8-9,11,13,16H,1-7,10,12,22H2,(H,23,27)/t13-,16+/m0/s1. The van der Waals surface area contributed by atoms with Crippen molar-refractivity contribution in [2.75, 3.05) is 5.32 Å². The molecular formula is C20H26FN5O. The third-order valence-corrected chi connectivity index (χ3v) is 5.77. The van der Waals surface area contributed by atoms with Crippen molar-refractivity contribution in [3.63, 3.8) is 0 Å². The average molecular weight is 371 g/mol. The summed E-state index contributed by atoms with van der Waals surface area (Å²) in [5.41, 5.74) is 7.00. The van der Waals surface area contributed by atoms with Gasteiger partial charge in [0.1, 0.15) is 11.6 Å². The van der Waals surface area contributed by atoms with Gasteiger partial charge in [-0.3, -0.25) is 4.79 Å². The van der Waals surface area contributed by atoms with Crippen LogP contribution < -0.4 is 11.1 Å². The molecule has 1 amide bonds. The van der Waals surface area contributed by atoms with E-state index in [1.165, 1.54) is 12.5 Å². The van der Waals surface area contributed by atoms with Gasteiger partial charge in [0.15, 0.2) is 5.82 Å². The van der Waals surface area contributed by atoms with Crippen molar-refractivity contribution >= 4 is 11.6 Å². The molecule has 1 fully saturated rings. The zero-order chi connectivity index (χ0) is 18.8. The molecule has 1 saturated carbocycles. The van der Waals surface area contributed by atoms with Gasteiger partial charge in [0.25, 0.3) is 0 Å². The molecule has 144 valence electrons. The normalized spacial score (nSPS) is 22.3. The van der Waals surface area contributed by atoms with Crippen LogP contribution in [0.15, 0.2) is 18.2 Å². The minimum atomic E-state index is -0.446. The van der Waals surface area contributed by atoms with Gasteiger partial charge in [-0.1, -0.05) is 12.8 Å². The van der Waals surface area contributed by atoms with E-state index in [4.69, 9.17) is 5.73 Å². The number of benzene rings is 1. The number of carbonyl (C=O) groups is 1. The van der Waals surface area contributed by atoms with Crippen LogP contribution in [0.3, 0.4) is 0 Å². The summed E-state index contributed by atoms with van der Waals surface area (Å²) in [5, 5.41) is 11.3. The highest BCUT2D eigenvalue weighted by atomic mass is 19.1. The van der Waals surface area contributed by atoms with Crippen LogP contribution in [0.4, 0.5) is 10.1 Å². The van der Waals surface area contributed by atoms with Crippen molar-refractivity contribution in [2.24, 2.45) is 11.7 Å². The molecule has 7 heteroatoms. The first-order valence-electron chi connectivity index (χ1n) is 9.89. The largest absolute Gasteiger partial charge is 0.327 e. The van der Waals surface area contributed by atoms with E-state index >= 15 is 0 Å². The molecule has 4 rings (SSSR count). The number of aromatic nitrogens is 3. The number of hydrogen-bond donors (Lipinski definition) is 2. The fraction of sp³-hybridized carbons (Fsp3) is 0.550. The van der Waals surface area contributed by atoms with Crippen molar-refractivity contribution in [1.82, 2.24) is 14.8 Å². The molecule has 2 heterocycles. The second kappa shape index (κ2) is 7.76. The SMILES string of the molecule is N[C@@H]1CCC[C@H]1CC(=O)Nc1cc(-c2nnc3n2CCCCC3)ccc1F. The van der Waals surface area contributed by atoms with E-state index in [1.807, 2.05) is 0 Å². The Morgan fingerprint density at radius 3 is 2.93 bits per heavy atom. The van der Waals surface area contributed by atoms with Gasteiger partial charge in [0, 0.05) is 31.0 Å². The molecule has 0 radical (unpaired) electrons. The van der Waals surface area contributed by atoms with E-state index in [2.05, 4.69) is 20.1 Å². The van der Waals surface area contributed by atoms with E-state index in [0.29, 0.717) is 6.42 Å². The summed E-state index contributed by atoms with van der Waals surface area (Å²) in [6.45, 7) is 0.871. The third kappa shape index (κ3) is 3.88. The summed E-state index contributed by atoms with van der Waals surface area (Å²) in [4.78, 5) is 12.4. The van der Waals surface area contributed by atoms with E-state index in [0.717, 1.165) is 62.3 Å². The summed E-state index contributed by atoms with van der Waals surface area (Å²) in [7, 11) is 0. The maximum absolute atomic E-state index is 14.3. The Bertz CT molecular complexity index is 834. The van der Waals surface area contributed by atoms with Gasteiger partial charge < -0.3 is 15.6 Å². The van der Waals surface area contributed by atoms with Crippen LogP contribution in [0.25, 0.3) is 11.4 Å². The number of nitrogens with one attached hydrogen (secondary N) is 1. The highest BCUT2D eigenvalue weighted by Crippen LogP contribution is 2.29. The number of hydrogen-bond acceptors (Lipinski definition) is 4. The van der Waals surface area contributed by atoms with Crippen LogP contribution in [0.1, 0.15) is 50.8 Å². The maximum Gasteiger partial charge on any atom is 0.224 e. The summed E-state index contributed by atoms with van der Waals surface area (Å²) < 4.78 is 16.4. The molecule has 6 nitrogen and oxygen atoms in total. The van der Waals surface area contributed by atoms with Crippen LogP contribution >= 0.6 is 0 Å². The van der Waals surface area contributed by atoms with Crippen LogP contribution in [0.2, 0.25) is 0 Å². The fourth-order valence-electron chi connectivity index (χ4n) is 4.22. The predicted octanol–water partition coefficient (Wildman–Crippen LogP) is 3.27. The second-order valence-corrected chi connectivity index (χ2v) is 7.70. The van der Waals surface area contributed by atoms with E-state index in [9.17, 15) is 9.18 Å². The van der Waals surface area contributed by atoms with Gasteiger partial charge >= 0.3 is 0 Å². The Kier molecular flexibility index (Phi) is 5.20. The molecule has 2 aromatic rings. The molecule has 0 spiro atoms. The number of fused-ring (bicyclic) bond motifs is 1. The van der Waals surface area contributed by atoms with Crippen molar-refractivity contribution in [2.45, 2.75) is 64.0 Å². The molecule has 1 aliphatic heterocycles. The number of nitrogens with zero attached hydrogens (tertiary/aromatic N) is 3. The number of halogens is 1. The van der Waals surface area contributed by atoms with Gasteiger partial charge in [0.05, 0.1) is 5.69 Å². The molecule has 1 aliphatic carbocycles. The Morgan fingerprint density at radius 1 is 1.22 bits per heavy atom. The summed E-state index contributed by atoms with van der Waals surface area (Å²) in [5.74, 6) is 1.27. The zero-order valence-corrected chi connectivity index (χ0v) is 15.5. The summed E-state index contributed by atoms with van der Waals surface area (Å²) in [6.07, 6.45) is 7.61. The van der Waals surface area contributed by atoms with Gasteiger partial charge in [-0.15, -0.1) is 10.2 Å². The number of aryl methyl sites for hydroxylation is 1. The van der Waals surface area contributed by atoms with E-state index < -0.39 is 5.82 Å². The maximum atomic E-state index is 14.3. The van der Waals surface area contributed by atoms with Crippen LogP contribution in [-0.4, -0.2) is 26.7 Å². The lowest BCUT2D eigenvalue weighted by molar-refractivity contribution is -0.117. The Morgan fingerprint density at radius 2 is 2.11 bits per heavy atom. The quantitative estimate of drug-likeness (QED) is 0.864. The van der Waals surface area contributed by atoms with Crippen molar-refractivity contribution in [1.29, 1.82) is 0 Å². The molecular weight excluding hydrogens is 345 g/mol. The van der Waals surface area contributed by atoms with Crippen molar-refractivity contribution in [3.05, 3.63) is 29.8 Å². The Balaban J connectivity index is 1.53. The van der Waals surface area contributed by atoms with E-state index in [-0.39, 0.29) is 23.6 Å². The first-order valence-corrected chi connectivity index (χ1v) is 9.89. The average Bonchev–Trinajstić information content (AvgIpc) is 3.16. The number of rotatable bonds is 4. The highest BCUT2D eigenvalue weighted by Gasteiger charge is 2.26. The number of nitrogens with two attached hydrogens (primary N) is 1. The zero-order valence-electron chi connectivity index (χ0n) is 15.5. The topological polar surface area (TPSA) is 85.8 Å². The van der Waals surface area contributed by atoms with Gasteiger partial charge in [-0.25, -0.2) is 4.39 Å². The van der Waals surface area contributed by atoms with Gasteiger partial charge in [0.2, 0.25) is 5.91 Å². The molecule has 3 N–H and O–H groups in total. The first kappa shape index (κ1) is 18.1. The van der Waals surface area contributed by atoms with Crippen LogP contribution in [0.5, 0.6) is 0 Å². The first-order chi connectivity index (χ1) is 13.1. The predicted molar refractivity (Wildman–Crippen MR) is 102 cm³/mol. The molecule has 0 unspecified atom stereocenters. The van der Waals surface area contributed by atoms with Crippen LogP contribution in [0, 0.1) is 11.7 Å². The van der Waals surface area contributed by atoms with Gasteiger partial charge in [-0.05, 0) is 49.8 Å². The molecule has 2 atom stereocenters. The molecule has 2 aliphatic rings. The van der Waals surface area contributed by atoms with Crippen molar-refractivity contribution < 1.29 is 9.18 Å². The minimum Gasteiger partial charge on any atom is -0.327 e. The minimum absolute atomic E-state index is 0.0679. The molecule has 27 heavy (non-hydrogen) atoms. The smallest absolute Gasteiger partial charge is 0.224 e. The summed E-state index contributed by atoms with van der Waals surface area (Å²) >= 11 is 0. The van der Waals surface area contributed by atoms with Crippen LogP contribution in [-0.2, 0) is 17.8 Å². The van der Waals surface area contributed by atoms with E-state index in [1.54, 1.807) is 12.1 Å². The highest BCUT2D eigenvalue weighted by molar-refractivity contribution is 5.91. The Labute approximate surface area is 158 Å². The lowest BCUT2D eigenvalue weighted by Gasteiger charge is -2.15. The fourth-order valence-corrected chi connectivity index (χ4v) is 4.22. The summed E-state index contributed by atoms with van der Waals surface area (Å²) in [6, 6.07) is 4.80. The molecule has 0 bridgehead atoms. The Hall–Kier alpha value is -2.28. The third-order valence-electron chi connectivity index (χ3n) is 5.77. The lowest BCUT2D eigenvalue weighted by Crippen LogP contribution is -2.28. The van der Waals surface area contributed by atoms with Crippen molar-refractivity contribution in [3.8, 4) is 11.4 Å².